The molecule has 1 saturated heterocycles. The van der Waals surface area contributed by atoms with Crippen LogP contribution in [0.4, 0.5) is 0 Å². The highest BCUT2D eigenvalue weighted by atomic mass is 15.2. The number of rotatable bonds is 5. The molecule has 0 spiro atoms. The van der Waals surface area contributed by atoms with Gasteiger partial charge in [-0.3, -0.25) is 4.90 Å². The molecule has 17 heavy (non-hydrogen) atoms. The molecule has 1 N–H and O–H groups in total. The first-order chi connectivity index (χ1) is 8.16. The maximum absolute atomic E-state index is 3.56. The molecule has 0 amide bonds. The average Bonchev–Trinajstić information content (AvgIpc) is 2.70. The molecule has 2 aliphatic rings. The van der Waals surface area contributed by atoms with E-state index >= 15 is 0 Å². The smallest absolute Gasteiger partial charge is 0.0124 e. The zero-order valence-electron chi connectivity index (χ0n) is 11.9. The van der Waals surface area contributed by atoms with Crippen molar-refractivity contribution in [3.63, 3.8) is 0 Å². The van der Waals surface area contributed by atoms with E-state index in [4.69, 9.17) is 0 Å². The molecular formula is C15H30N2. The van der Waals surface area contributed by atoms with Gasteiger partial charge < -0.3 is 5.32 Å². The molecule has 1 heterocycles. The van der Waals surface area contributed by atoms with E-state index in [9.17, 15) is 0 Å². The van der Waals surface area contributed by atoms with Gasteiger partial charge in [-0.05, 0) is 44.2 Å². The van der Waals surface area contributed by atoms with Crippen LogP contribution in [-0.4, -0.2) is 36.6 Å². The summed E-state index contributed by atoms with van der Waals surface area (Å²) in [6, 6.07) is 1.56. The first kappa shape index (κ1) is 13.4. The SMILES string of the molecule is CC(CNC(C)C)CN1CCC2CCCCC21. The van der Waals surface area contributed by atoms with E-state index in [2.05, 4.69) is 31.0 Å². The Labute approximate surface area is 107 Å². The molecule has 1 aliphatic carbocycles. The monoisotopic (exact) mass is 238 g/mol. The molecule has 0 aromatic rings. The Morgan fingerprint density at radius 2 is 1.88 bits per heavy atom. The number of nitrogens with one attached hydrogen (secondary N) is 1. The van der Waals surface area contributed by atoms with E-state index < -0.39 is 0 Å². The van der Waals surface area contributed by atoms with Gasteiger partial charge in [0.2, 0.25) is 0 Å². The van der Waals surface area contributed by atoms with Crippen molar-refractivity contribution < 1.29 is 0 Å². The van der Waals surface area contributed by atoms with Crippen LogP contribution in [0.1, 0.15) is 52.9 Å². The number of hydrogen-bond acceptors (Lipinski definition) is 2. The molecule has 0 aromatic carbocycles. The van der Waals surface area contributed by atoms with Crippen LogP contribution in [0.25, 0.3) is 0 Å². The number of fused-ring (bicyclic) bond motifs is 1. The highest BCUT2D eigenvalue weighted by Gasteiger charge is 2.35. The summed E-state index contributed by atoms with van der Waals surface area (Å²) in [6.45, 7) is 10.7. The Morgan fingerprint density at radius 1 is 1.12 bits per heavy atom. The molecule has 2 heteroatoms. The van der Waals surface area contributed by atoms with Crippen LogP contribution in [-0.2, 0) is 0 Å². The fourth-order valence-corrected chi connectivity index (χ4v) is 3.63. The van der Waals surface area contributed by atoms with Crippen molar-refractivity contribution in [2.24, 2.45) is 11.8 Å². The van der Waals surface area contributed by atoms with Crippen molar-refractivity contribution in [2.45, 2.75) is 65.0 Å². The van der Waals surface area contributed by atoms with Crippen molar-refractivity contribution in [2.75, 3.05) is 19.6 Å². The van der Waals surface area contributed by atoms with E-state index in [1.807, 2.05) is 0 Å². The maximum Gasteiger partial charge on any atom is 0.0124 e. The molecule has 2 fully saturated rings. The molecule has 0 aromatic heterocycles. The quantitative estimate of drug-likeness (QED) is 0.792. The second-order valence-electron chi connectivity index (χ2n) is 6.56. The van der Waals surface area contributed by atoms with Gasteiger partial charge in [-0.2, -0.15) is 0 Å². The highest BCUT2D eigenvalue weighted by Crippen LogP contribution is 2.36. The summed E-state index contributed by atoms with van der Waals surface area (Å²) in [5.41, 5.74) is 0. The van der Waals surface area contributed by atoms with Crippen LogP contribution in [0, 0.1) is 11.8 Å². The Hall–Kier alpha value is -0.0800. The lowest BCUT2D eigenvalue weighted by molar-refractivity contribution is 0.162. The van der Waals surface area contributed by atoms with Gasteiger partial charge in [0, 0.05) is 18.6 Å². The van der Waals surface area contributed by atoms with Gasteiger partial charge in [-0.15, -0.1) is 0 Å². The topological polar surface area (TPSA) is 15.3 Å². The molecule has 3 unspecified atom stereocenters. The second-order valence-corrected chi connectivity index (χ2v) is 6.56. The van der Waals surface area contributed by atoms with E-state index in [0.717, 1.165) is 17.9 Å². The first-order valence-electron chi connectivity index (χ1n) is 7.64. The fourth-order valence-electron chi connectivity index (χ4n) is 3.63. The Bertz CT molecular complexity index is 227. The van der Waals surface area contributed by atoms with Gasteiger partial charge in [-0.25, -0.2) is 0 Å². The number of hydrogen-bond donors (Lipinski definition) is 1. The van der Waals surface area contributed by atoms with Gasteiger partial charge >= 0.3 is 0 Å². The van der Waals surface area contributed by atoms with Crippen LogP contribution in [0.5, 0.6) is 0 Å². The fraction of sp³-hybridized carbons (Fsp3) is 1.00. The van der Waals surface area contributed by atoms with Crippen molar-refractivity contribution in [3.05, 3.63) is 0 Å². The lowest BCUT2D eigenvalue weighted by Crippen LogP contribution is -2.40. The normalized spacial score (nSPS) is 31.8. The summed E-state index contributed by atoms with van der Waals surface area (Å²) in [4.78, 5) is 2.79. The van der Waals surface area contributed by atoms with Crippen LogP contribution >= 0.6 is 0 Å². The van der Waals surface area contributed by atoms with Crippen LogP contribution in [0.15, 0.2) is 0 Å². The minimum Gasteiger partial charge on any atom is -0.314 e. The predicted octanol–water partition coefficient (Wildman–Crippen LogP) is 2.89. The van der Waals surface area contributed by atoms with Crippen molar-refractivity contribution in [1.82, 2.24) is 10.2 Å². The standard InChI is InChI=1S/C15H30N2/c1-12(2)16-10-13(3)11-17-9-8-14-6-4-5-7-15(14)17/h12-16H,4-11H2,1-3H3. The number of likely N-dealkylation sites (tertiary alicyclic amines) is 1. The minimum absolute atomic E-state index is 0.624. The van der Waals surface area contributed by atoms with E-state index in [1.54, 1.807) is 0 Å². The summed E-state index contributed by atoms with van der Waals surface area (Å²) in [5.74, 6) is 1.83. The Kier molecular flexibility index (Phi) is 4.87. The largest absolute Gasteiger partial charge is 0.314 e. The van der Waals surface area contributed by atoms with Crippen LogP contribution in [0.2, 0.25) is 0 Å². The van der Waals surface area contributed by atoms with Gasteiger partial charge in [0.05, 0.1) is 0 Å². The van der Waals surface area contributed by atoms with Crippen LogP contribution in [0.3, 0.4) is 0 Å². The molecule has 100 valence electrons. The third-order valence-electron chi connectivity index (χ3n) is 4.55. The molecule has 2 nitrogen and oxygen atoms in total. The summed E-state index contributed by atoms with van der Waals surface area (Å²) >= 11 is 0. The molecular weight excluding hydrogens is 208 g/mol. The van der Waals surface area contributed by atoms with Crippen LogP contribution < -0.4 is 5.32 Å². The molecule has 0 radical (unpaired) electrons. The molecule has 3 atom stereocenters. The Balaban J connectivity index is 1.75. The van der Waals surface area contributed by atoms with E-state index in [-0.39, 0.29) is 0 Å². The number of nitrogens with zero attached hydrogens (tertiary/aromatic N) is 1. The lowest BCUT2D eigenvalue weighted by atomic mass is 9.85. The second kappa shape index (κ2) is 6.19. The Morgan fingerprint density at radius 3 is 2.65 bits per heavy atom. The summed E-state index contributed by atoms with van der Waals surface area (Å²) < 4.78 is 0. The maximum atomic E-state index is 3.56. The lowest BCUT2D eigenvalue weighted by Gasteiger charge is -2.33. The average molecular weight is 238 g/mol. The molecule has 2 rings (SSSR count). The van der Waals surface area contributed by atoms with Gasteiger partial charge in [-0.1, -0.05) is 33.6 Å². The van der Waals surface area contributed by atoms with Crippen molar-refractivity contribution in [3.8, 4) is 0 Å². The first-order valence-corrected chi connectivity index (χ1v) is 7.64. The summed E-state index contributed by atoms with van der Waals surface area (Å²) in [7, 11) is 0. The highest BCUT2D eigenvalue weighted by molar-refractivity contribution is 4.90. The van der Waals surface area contributed by atoms with Crippen molar-refractivity contribution in [1.29, 1.82) is 0 Å². The zero-order chi connectivity index (χ0) is 12.3. The third-order valence-corrected chi connectivity index (χ3v) is 4.55. The van der Waals surface area contributed by atoms with E-state index in [1.165, 1.54) is 51.7 Å². The zero-order valence-corrected chi connectivity index (χ0v) is 11.9. The molecule has 1 aliphatic heterocycles. The summed E-state index contributed by atoms with van der Waals surface area (Å²) in [5, 5.41) is 3.56. The van der Waals surface area contributed by atoms with Crippen molar-refractivity contribution >= 4 is 0 Å². The minimum atomic E-state index is 0.624. The van der Waals surface area contributed by atoms with Gasteiger partial charge in [0.15, 0.2) is 0 Å². The predicted molar refractivity (Wildman–Crippen MR) is 74.2 cm³/mol. The molecule has 0 bridgehead atoms. The van der Waals surface area contributed by atoms with E-state index in [0.29, 0.717) is 6.04 Å². The third kappa shape index (κ3) is 3.69. The summed E-state index contributed by atoms with van der Waals surface area (Å²) in [6.07, 6.45) is 7.39. The van der Waals surface area contributed by atoms with Gasteiger partial charge in [0.1, 0.15) is 0 Å². The molecule has 1 saturated carbocycles. The van der Waals surface area contributed by atoms with Gasteiger partial charge in [0.25, 0.3) is 0 Å².